The molecule has 0 unspecified atom stereocenters. The lowest BCUT2D eigenvalue weighted by Gasteiger charge is -2.14. The van der Waals surface area contributed by atoms with Gasteiger partial charge in [0, 0.05) is 6.67 Å². The minimum absolute atomic E-state index is 1.10. The van der Waals surface area contributed by atoms with Gasteiger partial charge in [-0.05, 0) is 38.9 Å². The van der Waals surface area contributed by atoms with Gasteiger partial charge in [-0.15, -0.1) is 0 Å². The molecule has 1 aliphatic heterocycles. The Kier molecular flexibility index (Phi) is 3.76. The number of hydrogen-bond acceptors (Lipinski definition) is 2. The first kappa shape index (κ1) is 8.02. The van der Waals surface area contributed by atoms with Crippen molar-refractivity contribution in [2.75, 3.05) is 26.3 Å². The Labute approximate surface area is 63.6 Å². The Hall–Kier alpha value is -0.0800. The molecule has 2 nitrogen and oxygen atoms in total. The van der Waals surface area contributed by atoms with E-state index in [4.69, 9.17) is 0 Å². The maximum atomic E-state index is 3.40. The molecule has 10 heavy (non-hydrogen) atoms. The van der Waals surface area contributed by atoms with Crippen LogP contribution in [-0.4, -0.2) is 31.2 Å². The molecule has 0 aromatic carbocycles. The SMILES string of the molecule is CCCNCN1CCCC1. The first-order chi connectivity index (χ1) is 4.93. The summed E-state index contributed by atoms with van der Waals surface area (Å²) in [6.07, 6.45) is 4.04. The summed E-state index contributed by atoms with van der Waals surface area (Å²) in [4.78, 5) is 2.48. The minimum Gasteiger partial charge on any atom is -0.304 e. The Bertz CT molecular complexity index is 77.3. The lowest BCUT2D eigenvalue weighted by atomic mass is 10.4. The van der Waals surface area contributed by atoms with Crippen molar-refractivity contribution in [1.82, 2.24) is 10.2 Å². The first-order valence-corrected chi connectivity index (χ1v) is 4.36. The van der Waals surface area contributed by atoms with Crippen molar-refractivity contribution in [2.24, 2.45) is 0 Å². The normalized spacial score (nSPS) is 20.1. The molecule has 1 heterocycles. The van der Waals surface area contributed by atoms with E-state index < -0.39 is 0 Å². The molecule has 0 saturated carbocycles. The molecule has 0 bridgehead atoms. The highest BCUT2D eigenvalue weighted by molar-refractivity contribution is 4.64. The average Bonchev–Trinajstić information content (AvgIpc) is 2.41. The van der Waals surface area contributed by atoms with Crippen LogP contribution >= 0.6 is 0 Å². The third-order valence-electron chi connectivity index (χ3n) is 1.96. The van der Waals surface area contributed by atoms with Crippen LogP contribution in [0.4, 0.5) is 0 Å². The zero-order chi connectivity index (χ0) is 7.23. The highest BCUT2D eigenvalue weighted by Gasteiger charge is 2.09. The summed E-state index contributed by atoms with van der Waals surface area (Å²) in [5.74, 6) is 0. The topological polar surface area (TPSA) is 15.3 Å². The molecule has 2 heteroatoms. The summed E-state index contributed by atoms with van der Waals surface area (Å²) in [5.41, 5.74) is 0. The van der Waals surface area contributed by atoms with Gasteiger partial charge in [-0.3, -0.25) is 4.90 Å². The van der Waals surface area contributed by atoms with E-state index in [1.807, 2.05) is 0 Å². The molecule has 1 aliphatic rings. The lowest BCUT2D eigenvalue weighted by molar-refractivity contribution is 0.310. The molecule has 0 aliphatic carbocycles. The summed E-state index contributed by atoms with van der Waals surface area (Å²) in [6, 6.07) is 0. The molecule has 1 saturated heterocycles. The quantitative estimate of drug-likeness (QED) is 0.590. The van der Waals surface area contributed by atoms with E-state index in [9.17, 15) is 0 Å². The molecule has 0 atom stereocenters. The fourth-order valence-corrected chi connectivity index (χ4v) is 1.35. The van der Waals surface area contributed by atoms with Crippen LogP contribution in [0, 0.1) is 0 Å². The predicted octanol–water partition coefficient (Wildman–Crippen LogP) is 1.04. The van der Waals surface area contributed by atoms with Crippen LogP contribution in [0.5, 0.6) is 0 Å². The van der Waals surface area contributed by atoms with Gasteiger partial charge >= 0.3 is 0 Å². The Balaban J connectivity index is 1.91. The van der Waals surface area contributed by atoms with Gasteiger partial charge < -0.3 is 5.32 Å². The van der Waals surface area contributed by atoms with E-state index in [-0.39, 0.29) is 0 Å². The number of nitrogens with zero attached hydrogens (tertiary/aromatic N) is 1. The van der Waals surface area contributed by atoms with E-state index in [0.717, 1.165) is 13.2 Å². The van der Waals surface area contributed by atoms with Gasteiger partial charge in [0.25, 0.3) is 0 Å². The van der Waals surface area contributed by atoms with Gasteiger partial charge in [-0.1, -0.05) is 6.92 Å². The second-order valence-electron chi connectivity index (χ2n) is 2.98. The number of likely N-dealkylation sites (tertiary alicyclic amines) is 1. The highest BCUT2D eigenvalue weighted by atomic mass is 15.2. The summed E-state index contributed by atoms with van der Waals surface area (Å²) < 4.78 is 0. The van der Waals surface area contributed by atoms with Crippen LogP contribution in [0.25, 0.3) is 0 Å². The summed E-state index contributed by atoms with van der Waals surface area (Å²) in [6.45, 7) is 7.08. The number of nitrogens with one attached hydrogen (secondary N) is 1. The molecule has 0 amide bonds. The fourth-order valence-electron chi connectivity index (χ4n) is 1.35. The van der Waals surface area contributed by atoms with E-state index in [2.05, 4.69) is 17.1 Å². The van der Waals surface area contributed by atoms with E-state index >= 15 is 0 Å². The molecule has 0 spiro atoms. The molecular weight excluding hydrogens is 124 g/mol. The zero-order valence-electron chi connectivity index (χ0n) is 6.90. The Morgan fingerprint density at radius 3 is 2.60 bits per heavy atom. The monoisotopic (exact) mass is 142 g/mol. The smallest absolute Gasteiger partial charge is 0.0480 e. The van der Waals surface area contributed by atoms with E-state index in [1.54, 1.807) is 0 Å². The molecular formula is C8H18N2. The van der Waals surface area contributed by atoms with Crippen molar-refractivity contribution in [2.45, 2.75) is 26.2 Å². The van der Waals surface area contributed by atoms with Crippen molar-refractivity contribution >= 4 is 0 Å². The fraction of sp³-hybridized carbons (Fsp3) is 1.00. The number of hydrogen-bond donors (Lipinski definition) is 1. The Morgan fingerprint density at radius 2 is 2.00 bits per heavy atom. The van der Waals surface area contributed by atoms with Gasteiger partial charge in [0.2, 0.25) is 0 Å². The molecule has 1 rings (SSSR count). The maximum Gasteiger partial charge on any atom is 0.0480 e. The van der Waals surface area contributed by atoms with Gasteiger partial charge in [-0.25, -0.2) is 0 Å². The first-order valence-electron chi connectivity index (χ1n) is 4.36. The molecule has 60 valence electrons. The van der Waals surface area contributed by atoms with E-state index in [1.165, 1.54) is 32.4 Å². The van der Waals surface area contributed by atoms with Crippen molar-refractivity contribution < 1.29 is 0 Å². The molecule has 1 N–H and O–H groups in total. The summed E-state index contributed by atoms with van der Waals surface area (Å²) >= 11 is 0. The van der Waals surface area contributed by atoms with Crippen molar-refractivity contribution in [1.29, 1.82) is 0 Å². The van der Waals surface area contributed by atoms with Crippen molar-refractivity contribution in [3.63, 3.8) is 0 Å². The maximum absolute atomic E-state index is 3.40. The predicted molar refractivity (Wildman–Crippen MR) is 44.0 cm³/mol. The highest BCUT2D eigenvalue weighted by Crippen LogP contribution is 2.04. The number of rotatable bonds is 4. The average molecular weight is 142 g/mol. The van der Waals surface area contributed by atoms with Crippen molar-refractivity contribution in [3.05, 3.63) is 0 Å². The molecule has 0 aromatic rings. The third kappa shape index (κ3) is 2.67. The lowest BCUT2D eigenvalue weighted by Crippen LogP contribution is -2.32. The van der Waals surface area contributed by atoms with Crippen LogP contribution in [0.2, 0.25) is 0 Å². The van der Waals surface area contributed by atoms with Crippen LogP contribution in [0.3, 0.4) is 0 Å². The second kappa shape index (κ2) is 4.69. The summed E-state index contributed by atoms with van der Waals surface area (Å²) in [7, 11) is 0. The second-order valence-corrected chi connectivity index (χ2v) is 2.98. The van der Waals surface area contributed by atoms with Gasteiger partial charge in [0.15, 0.2) is 0 Å². The van der Waals surface area contributed by atoms with Crippen LogP contribution in [0.1, 0.15) is 26.2 Å². The van der Waals surface area contributed by atoms with Crippen molar-refractivity contribution in [3.8, 4) is 0 Å². The molecule has 1 fully saturated rings. The van der Waals surface area contributed by atoms with Crippen LogP contribution < -0.4 is 5.32 Å². The summed E-state index contributed by atoms with van der Waals surface area (Å²) in [5, 5.41) is 3.40. The van der Waals surface area contributed by atoms with Gasteiger partial charge in [-0.2, -0.15) is 0 Å². The molecule has 0 aromatic heterocycles. The van der Waals surface area contributed by atoms with Gasteiger partial charge in [0.05, 0.1) is 0 Å². The third-order valence-corrected chi connectivity index (χ3v) is 1.96. The largest absolute Gasteiger partial charge is 0.304 e. The van der Waals surface area contributed by atoms with Gasteiger partial charge in [0.1, 0.15) is 0 Å². The standard InChI is InChI=1S/C8H18N2/c1-2-5-9-8-10-6-3-4-7-10/h9H,2-8H2,1H3. The van der Waals surface area contributed by atoms with E-state index in [0.29, 0.717) is 0 Å². The van der Waals surface area contributed by atoms with Crippen LogP contribution in [-0.2, 0) is 0 Å². The van der Waals surface area contributed by atoms with Crippen LogP contribution in [0.15, 0.2) is 0 Å². The Morgan fingerprint density at radius 1 is 1.30 bits per heavy atom. The molecule has 0 radical (unpaired) electrons. The zero-order valence-corrected chi connectivity index (χ0v) is 6.90. The minimum atomic E-state index is 1.10.